The number of likely N-dealkylation sites (tertiary alicyclic amines) is 1. The van der Waals surface area contributed by atoms with Crippen molar-refractivity contribution >= 4 is 22.7 Å². The Morgan fingerprint density at radius 3 is 2.84 bits per heavy atom. The van der Waals surface area contributed by atoms with Crippen molar-refractivity contribution in [2.24, 2.45) is 0 Å². The van der Waals surface area contributed by atoms with Crippen LogP contribution in [-0.2, 0) is 6.42 Å². The number of rotatable bonds is 5. The van der Waals surface area contributed by atoms with Crippen molar-refractivity contribution in [1.82, 2.24) is 4.90 Å². The van der Waals surface area contributed by atoms with E-state index in [1.165, 1.54) is 25.5 Å². The first kappa shape index (κ1) is 16.7. The zero-order valence-corrected chi connectivity index (χ0v) is 15.2. The van der Waals surface area contributed by atoms with Crippen molar-refractivity contribution in [3.63, 3.8) is 0 Å². The number of furan rings is 1. The maximum absolute atomic E-state index is 13.3. The summed E-state index contributed by atoms with van der Waals surface area (Å²) in [6, 6.07) is 15.7. The number of nitrogens with zero attached hydrogens (tertiary/aromatic N) is 1. The van der Waals surface area contributed by atoms with Gasteiger partial charge in [-0.05, 0) is 68.8 Å². The largest absolute Gasteiger partial charge is 0.461 e. The summed E-state index contributed by atoms with van der Waals surface area (Å²) in [4.78, 5) is 4.54. The first-order valence-corrected chi connectivity index (χ1v) is 9.69. The highest BCUT2D eigenvalue weighted by atomic mass is 32.2. The quantitative estimate of drug-likeness (QED) is 0.580. The summed E-state index contributed by atoms with van der Waals surface area (Å²) in [6.45, 7) is 4.57. The van der Waals surface area contributed by atoms with Gasteiger partial charge in [-0.2, -0.15) is 0 Å². The summed E-state index contributed by atoms with van der Waals surface area (Å²) < 4.78 is 19.3. The summed E-state index contributed by atoms with van der Waals surface area (Å²) in [5.74, 6) is 0.842. The predicted octanol–water partition coefficient (Wildman–Crippen LogP) is 5.75. The Labute approximate surface area is 152 Å². The third kappa shape index (κ3) is 3.91. The van der Waals surface area contributed by atoms with Crippen LogP contribution in [0.1, 0.15) is 25.5 Å². The molecule has 25 heavy (non-hydrogen) atoms. The van der Waals surface area contributed by atoms with Gasteiger partial charge in [0.05, 0.1) is 0 Å². The van der Waals surface area contributed by atoms with E-state index in [2.05, 4.69) is 24.0 Å². The Morgan fingerprint density at radius 2 is 2.04 bits per heavy atom. The van der Waals surface area contributed by atoms with Gasteiger partial charge in [-0.1, -0.05) is 17.8 Å². The summed E-state index contributed by atoms with van der Waals surface area (Å²) in [5, 5.41) is 1.12. The van der Waals surface area contributed by atoms with Gasteiger partial charge in [0.2, 0.25) is 0 Å². The molecule has 0 bridgehead atoms. The SMILES string of the molecule is CC1CCCN1CCc1cc2cc(Sc3cccc(F)c3)ccc2o1. The first-order valence-electron chi connectivity index (χ1n) is 8.87. The standard InChI is InChI=1S/C21H22FNOS/c1-15-4-3-10-23(15)11-9-18-12-16-13-20(7-8-21(16)24-18)25-19-6-2-5-17(22)14-19/h2,5-8,12-15H,3-4,9-11H2,1H3. The van der Waals surface area contributed by atoms with Crippen molar-refractivity contribution < 1.29 is 8.81 Å². The van der Waals surface area contributed by atoms with E-state index in [9.17, 15) is 4.39 Å². The topological polar surface area (TPSA) is 16.4 Å². The van der Waals surface area contributed by atoms with E-state index in [4.69, 9.17) is 4.42 Å². The number of fused-ring (bicyclic) bond motifs is 1. The van der Waals surface area contributed by atoms with Crippen LogP contribution in [0.5, 0.6) is 0 Å². The van der Waals surface area contributed by atoms with E-state index in [-0.39, 0.29) is 5.82 Å². The van der Waals surface area contributed by atoms with Crippen molar-refractivity contribution in [3.05, 3.63) is 60.1 Å². The fraction of sp³-hybridized carbons (Fsp3) is 0.333. The fourth-order valence-electron chi connectivity index (χ4n) is 3.51. The number of hydrogen-bond donors (Lipinski definition) is 0. The molecule has 1 fully saturated rings. The van der Waals surface area contributed by atoms with Gasteiger partial charge in [0, 0.05) is 34.2 Å². The third-order valence-electron chi connectivity index (χ3n) is 4.91. The van der Waals surface area contributed by atoms with Gasteiger partial charge in [-0.15, -0.1) is 0 Å². The molecule has 0 spiro atoms. The van der Waals surface area contributed by atoms with Crippen molar-refractivity contribution in [2.75, 3.05) is 13.1 Å². The van der Waals surface area contributed by atoms with Crippen LogP contribution in [0.15, 0.2) is 62.7 Å². The van der Waals surface area contributed by atoms with Crippen molar-refractivity contribution in [1.29, 1.82) is 0 Å². The fourth-order valence-corrected chi connectivity index (χ4v) is 4.42. The van der Waals surface area contributed by atoms with Gasteiger partial charge < -0.3 is 9.32 Å². The van der Waals surface area contributed by atoms with Gasteiger partial charge in [0.15, 0.2) is 0 Å². The first-order chi connectivity index (χ1) is 12.2. The molecule has 0 N–H and O–H groups in total. The summed E-state index contributed by atoms with van der Waals surface area (Å²) >= 11 is 1.57. The van der Waals surface area contributed by atoms with Crippen LogP contribution in [0.2, 0.25) is 0 Å². The zero-order valence-electron chi connectivity index (χ0n) is 14.4. The molecule has 1 saturated heterocycles. The minimum absolute atomic E-state index is 0.201. The lowest BCUT2D eigenvalue weighted by molar-refractivity contribution is 0.266. The van der Waals surface area contributed by atoms with Crippen LogP contribution < -0.4 is 0 Å². The minimum Gasteiger partial charge on any atom is -0.461 e. The molecular weight excluding hydrogens is 333 g/mol. The predicted molar refractivity (Wildman–Crippen MR) is 101 cm³/mol. The van der Waals surface area contributed by atoms with Crippen LogP contribution in [0.4, 0.5) is 4.39 Å². The smallest absolute Gasteiger partial charge is 0.134 e. The number of hydrogen-bond acceptors (Lipinski definition) is 3. The molecule has 0 radical (unpaired) electrons. The average Bonchev–Trinajstić information content (AvgIpc) is 3.18. The van der Waals surface area contributed by atoms with Gasteiger partial charge in [0.25, 0.3) is 0 Å². The normalized spacial score (nSPS) is 18.2. The van der Waals surface area contributed by atoms with E-state index >= 15 is 0 Å². The molecule has 130 valence electrons. The molecule has 2 heterocycles. The zero-order chi connectivity index (χ0) is 17.2. The maximum atomic E-state index is 13.3. The molecule has 1 unspecified atom stereocenters. The Morgan fingerprint density at radius 1 is 1.16 bits per heavy atom. The third-order valence-corrected chi connectivity index (χ3v) is 5.89. The van der Waals surface area contributed by atoms with E-state index in [1.807, 2.05) is 18.2 Å². The van der Waals surface area contributed by atoms with Crippen molar-refractivity contribution in [3.8, 4) is 0 Å². The van der Waals surface area contributed by atoms with Crippen molar-refractivity contribution in [2.45, 2.75) is 42.0 Å². The molecule has 1 aromatic heterocycles. The lowest BCUT2D eigenvalue weighted by Gasteiger charge is -2.19. The minimum atomic E-state index is -0.201. The summed E-state index contributed by atoms with van der Waals surface area (Å²) in [6.07, 6.45) is 3.56. The molecular formula is C21H22FNOS. The monoisotopic (exact) mass is 355 g/mol. The molecule has 0 amide bonds. The van der Waals surface area contributed by atoms with Crippen LogP contribution >= 0.6 is 11.8 Å². The second kappa shape index (κ2) is 7.22. The van der Waals surface area contributed by atoms with Crippen LogP contribution in [-0.4, -0.2) is 24.0 Å². The summed E-state index contributed by atoms with van der Waals surface area (Å²) in [5.41, 5.74) is 0.924. The van der Waals surface area contributed by atoms with Crippen LogP contribution in [0.3, 0.4) is 0 Å². The molecule has 4 heteroatoms. The molecule has 3 aromatic rings. The molecule has 0 aliphatic carbocycles. The van der Waals surface area contributed by atoms with E-state index in [0.29, 0.717) is 6.04 Å². The second-order valence-electron chi connectivity index (χ2n) is 6.75. The molecule has 1 atom stereocenters. The van der Waals surface area contributed by atoms with E-state index in [0.717, 1.165) is 39.5 Å². The molecule has 4 rings (SSSR count). The highest BCUT2D eigenvalue weighted by Crippen LogP contribution is 2.31. The highest BCUT2D eigenvalue weighted by molar-refractivity contribution is 7.99. The lowest BCUT2D eigenvalue weighted by Crippen LogP contribution is -2.28. The van der Waals surface area contributed by atoms with E-state index < -0.39 is 0 Å². The summed E-state index contributed by atoms with van der Waals surface area (Å²) in [7, 11) is 0. The second-order valence-corrected chi connectivity index (χ2v) is 7.90. The lowest BCUT2D eigenvalue weighted by atomic mass is 10.2. The maximum Gasteiger partial charge on any atom is 0.134 e. The molecule has 2 nitrogen and oxygen atoms in total. The average molecular weight is 355 g/mol. The Hall–Kier alpha value is -1.78. The molecule has 0 saturated carbocycles. The Bertz CT molecular complexity index is 875. The van der Waals surface area contributed by atoms with Gasteiger partial charge in [0.1, 0.15) is 17.2 Å². The highest BCUT2D eigenvalue weighted by Gasteiger charge is 2.20. The van der Waals surface area contributed by atoms with Crippen LogP contribution in [0, 0.1) is 5.82 Å². The van der Waals surface area contributed by atoms with Crippen LogP contribution in [0.25, 0.3) is 11.0 Å². The van der Waals surface area contributed by atoms with Gasteiger partial charge in [-0.25, -0.2) is 4.39 Å². The number of halogens is 1. The van der Waals surface area contributed by atoms with Gasteiger partial charge >= 0.3 is 0 Å². The Balaban J connectivity index is 1.47. The molecule has 1 aliphatic heterocycles. The number of benzene rings is 2. The Kier molecular flexibility index (Phi) is 4.82. The molecule has 2 aromatic carbocycles. The van der Waals surface area contributed by atoms with Gasteiger partial charge in [-0.3, -0.25) is 0 Å². The van der Waals surface area contributed by atoms with E-state index in [1.54, 1.807) is 23.9 Å². The molecule has 1 aliphatic rings.